The summed E-state index contributed by atoms with van der Waals surface area (Å²) >= 11 is 0. The van der Waals surface area contributed by atoms with Gasteiger partial charge in [-0.2, -0.15) is 0 Å². The van der Waals surface area contributed by atoms with Gasteiger partial charge in [0.25, 0.3) is 0 Å². The largest absolute Gasteiger partial charge is 0.342 e. The first-order valence-electron chi connectivity index (χ1n) is 12.1. The van der Waals surface area contributed by atoms with Gasteiger partial charge in [-0.1, -0.05) is 39.8 Å². The number of hydrogen-bond acceptors (Lipinski definition) is 4. The SMILES string of the molecule is CC1CCN(CC2CCCN(C(=O)CCNS(=O)(=O)c3ccc(C(C)(C)C)cc3)C2)CC1. The van der Waals surface area contributed by atoms with Crippen molar-refractivity contribution in [3.05, 3.63) is 29.8 Å². The Balaban J connectivity index is 1.45. The van der Waals surface area contributed by atoms with E-state index in [0.29, 0.717) is 5.92 Å². The minimum absolute atomic E-state index is 0.0269. The standard InChI is InChI=1S/C25H41N3O3S/c1-20-12-16-27(17-13-20)18-21-6-5-15-28(19-21)24(29)11-14-26-32(30,31)23-9-7-22(8-10-23)25(2,3)4/h7-10,20-21,26H,5-6,11-19H2,1-4H3. The second-order valence-corrected chi connectivity index (χ2v) is 12.5. The lowest BCUT2D eigenvalue weighted by atomic mass is 9.87. The molecule has 180 valence electrons. The van der Waals surface area contributed by atoms with Crippen molar-refractivity contribution in [1.82, 2.24) is 14.5 Å². The number of carbonyl (C=O) groups excluding carboxylic acids is 1. The summed E-state index contributed by atoms with van der Waals surface area (Å²) in [5.74, 6) is 1.41. The fourth-order valence-electron chi connectivity index (χ4n) is 4.72. The Bertz CT molecular complexity index is 853. The zero-order valence-corrected chi connectivity index (χ0v) is 21.1. The van der Waals surface area contributed by atoms with Gasteiger partial charge in [0.05, 0.1) is 4.90 Å². The van der Waals surface area contributed by atoms with Crippen LogP contribution in [0.5, 0.6) is 0 Å². The van der Waals surface area contributed by atoms with Gasteiger partial charge in [0, 0.05) is 32.6 Å². The molecule has 0 radical (unpaired) electrons. The molecule has 2 saturated heterocycles. The van der Waals surface area contributed by atoms with E-state index in [0.717, 1.165) is 37.5 Å². The van der Waals surface area contributed by atoms with Crippen LogP contribution in [-0.2, 0) is 20.2 Å². The Hall–Kier alpha value is -1.44. The zero-order chi connectivity index (χ0) is 23.4. The highest BCUT2D eigenvalue weighted by Crippen LogP contribution is 2.24. The molecule has 1 aromatic carbocycles. The Morgan fingerprint density at radius 1 is 1.06 bits per heavy atom. The summed E-state index contributed by atoms with van der Waals surface area (Å²) in [5.41, 5.74) is 1.06. The number of rotatable bonds is 7. The van der Waals surface area contributed by atoms with Crippen LogP contribution in [0.25, 0.3) is 0 Å². The Morgan fingerprint density at radius 2 is 1.72 bits per heavy atom. The third-order valence-corrected chi connectivity index (χ3v) is 8.40. The third-order valence-electron chi connectivity index (χ3n) is 6.93. The second-order valence-electron chi connectivity index (χ2n) is 10.8. The van der Waals surface area contributed by atoms with Crippen LogP contribution in [0.15, 0.2) is 29.2 Å². The molecule has 1 N–H and O–H groups in total. The van der Waals surface area contributed by atoms with Crippen LogP contribution in [0, 0.1) is 11.8 Å². The molecule has 1 unspecified atom stereocenters. The summed E-state index contributed by atoms with van der Waals surface area (Å²) in [6, 6.07) is 7.00. The number of piperidine rings is 2. The predicted octanol–water partition coefficient (Wildman–Crippen LogP) is 3.62. The van der Waals surface area contributed by atoms with Crippen molar-refractivity contribution < 1.29 is 13.2 Å². The maximum absolute atomic E-state index is 12.7. The summed E-state index contributed by atoms with van der Waals surface area (Å²) in [6.07, 6.45) is 4.95. The highest BCUT2D eigenvalue weighted by atomic mass is 32.2. The molecule has 1 aromatic rings. The monoisotopic (exact) mass is 463 g/mol. The normalized spacial score (nSPS) is 21.6. The van der Waals surface area contributed by atoms with Gasteiger partial charge in [-0.15, -0.1) is 0 Å². The van der Waals surface area contributed by atoms with E-state index in [9.17, 15) is 13.2 Å². The van der Waals surface area contributed by atoms with E-state index in [4.69, 9.17) is 0 Å². The molecule has 2 aliphatic heterocycles. The van der Waals surface area contributed by atoms with Crippen LogP contribution in [0.2, 0.25) is 0 Å². The maximum atomic E-state index is 12.7. The smallest absolute Gasteiger partial charge is 0.240 e. The number of nitrogens with zero attached hydrogens (tertiary/aromatic N) is 2. The number of likely N-dealkylation sites (tertiary alicyclic amines) is 2. The molecule has 6 nitrogen and oxygen atoms in total. The van der Waals surface area contributed by atoms with Crippen molar-refractivity contribution in [2.45, 2.75) is 70.1 Å². The number of sulfonamides is 1. The first-order chi connectivity index (χ1) is 15.0. The summed E-state index contributed by atoms with van der Waals surface area (Å²) in [4.78, 5) is 17.5. The van der Waals surface area contributed by atoms with Crippen molar-refractivity contribution in [2.75, 3.05) is 39.3 Å². The molecule has 2 heterocycles. The minimum Gasteiger partial charge on any atom is -0.342 e. The second kappa shape index (κ2) is 10.7. The molecule has 1 atom stereocenters. The molecule has 0 saturated carbocycles. The molecule has 32 heavy (non-hydrogen) atoms. The predicted molar refractivity (Wildman–Crippen MR) is 129 cm³/mol. The van der Waals surface area contributed by atoms with Gasteiger partial charge in [-0.25, -0.2) is 13.1 Å². The lowest BCUT2D eigenvalue weighted by molar-refractivity contribution is -0.133. The average molecular weight is 464 g/mol. The molecule has 0 spiro atoms. The number of benzene rings is 1. The van der Waals surface area contributed by atoms with Crippen molar-refractivity contribution in [3.8, 4) is 0 Å². The summed E-state index contributed by atoms with van der Waals surface area (Å²) in [7, 11) is -3.61. The molecule has 3 rings (SSSR count). The molecule has 2 fully saturated rings. The third kappa shape index (κ3) is 7.03. The van der Waals surface area contributed by atoms with Crippen LogP contribution in [0.1, 0.15) is 65.4 Å². The van der Waals surface area contributed by atoms with E-state index in [-0.39, 0.29) is 29.2 Å². The fraction of sp³-hybridized carbons (Fsp3) is 0.720. The van der Waals surface area contributed by atoms with Crippen LogP contribution >= 0.6 is 0 Å². The Kier molecular flexibility index (Phi) is 8.39. The fourth-order valence-corrected chi connectivity index (χ4v) is 5.75. The van der Waals surface area contributed by atoms with Gasteiger partial charge in [-0.3, -0.25) is 4.79 Å². The molecule has 7 heteroatoms. The molecule has 1 amide bonds. The summed E-state index contributed by atoms with van der Waals surface area (Å²) < 4.78 is 27.8. The molecule has 0 bridgehead atoms. The van der Waals surface area contributed by atoms with Crippen molar-refractivity contribution in [2.24, 2.45) is 11.8 Å². The van der Waals surface area contributed by atoms with Crippen LogP contribution in [-0.4, -0.2) is 63.4 Å². The molecule has 0 aliphatic carbocycles. The first-order valence-corrected chi connectivity index (χ1v) is 13.6. The van der Waals surface area contributed by atoms with E-state index in [1.807, 2.05) is 17.0 Å². The minimum atomic E-state index is -3.61. The summed E-state index contributed by atoms with van der Waals surface area (Å²) in [6.45, 7) is 13.7. The number of carbonyl (C=O) groups is 1. The Labute approximate surface area is 194 Å². The van der Waals surface area contributed by atoms with Gasteiger partial charge in [0.15, 0.2) is 0 Å². The van der Waals surface area contributed by atoms with Crippen LogP contribution in [0.3, 0.4) is 0 Å². The van der Waals surface area contributed by atoms with E-state index < -0.39 is 10.0 Å². The van der Waals surface area contributed by atoms with Crippen molar-refractivity contribution in [1.29, 1.82) is 0 Å². The zero-order valence-electron chi connectivity index (χ0n) is 20.3. The van der Waals surface area contributed by atoms with Gasteiger partial charge >= 0.3 is 0 Å². The molecular formula is C25H41N3O3S. The van der Waals surface area contributed by atoms with Gasteiger partial charge < -0.3 is 9.80 Å². The van der Waals surface area contributed by atoms with Crippen molar-refractivity contribution in [3.63, 3.8) is 0 Å². The van der Waals surface area contributed by atoms with Gasteiger partial charge in [0.2, 0.25) is 15.9 Å². The molecule has 0 aromatic heterocycles. The highest BCUT2D eigenvalue weighted by molar-refractivity contribution is 7.89. The van der Waals surface area contributed by atoms with Gasteiger partial charge in [0.1, 0.15) is 0 Å². The number of amides is 1. The topological polar surface area (TPSA) is 69.7 Å². The van der Waals surface area contributed by atoms with E-state index in [1.54, 1.807) is 12.1 Å². The number of nitrogens with one attached hydrogen (secondary N) is 1. The van der Waals surface area contributed by atoms with Crippen molar-refractivity contribution >= 4 is 15.9 Å². The van der Waals surface area contributed by atoms with E-state index in [2.05, 4.69) is 37.3 Å². The van der Waals surface area contributed by atoms with Gasteiger partial charge in [-0.05, 0) is 73.7 Å². The quantitative estimate of drug-likeness (QED) is 0.671. The van der Waals surface area contributed by atoms with Crippen LogP contribution < -0.4 is 4.72 Å². The maximum Gasteiger partial charge on any atom is 0.240 e. The van der Waals surface area contributed by atoms with E-state index in [1.165, 1.54) is 32.4 Å². The first kappa shape index (κ1) is 25.2. The molecular weight excluding hydrogens is 422 g/mol. The average Bonchev–Trinajstić information content (AvgIpc) is 2.75. The lowest BCUT2D eigenvalue weighted by Gasteiger charge is -2.38. The highest BCUT2D eigenvalue weighted by Gasteiger charge is 2.26. The van der Waals surface area contributed by atoms with E-state index >= 15 is 0 Å². The lowest BCUT2D eigenvalue weighted by Crippen LogP contribution is -2.45. The Morgan fingerprint density at radius 3 is 2.34 bits per heavy atom. The molecule has 2 aliphatic rings. The summed E-state index contributed by atoms with van der Waals surface area (Å²) in [5, 5.41) is 0. The van der Waals surface area contributed by atoms with Crippen LogP contribution in [0.4, 0.5) is 0 Å². The number of hydrogen-bond donors (Lipinski definition) is 1.